The second kappa shape index (κ2) is 7.40. The van der Waals surface area contributed by atoms with Crippen molar-refractivity contribution in [2.75, 3.05) is 15.8 Å². The molecule has 0 unspecified atom stereocenters. The number of nitrogens with one attached hydrogen (secondary N) is 3. The number of rotatable bonds is 6. The molecular formula is C18H18N4O3S. The first-order valence-electron chi connectivity index (χ1n) is 7.99. The number of nitrogens with zero attached hydrogens (tertiary/aromatic N) is 1. The van der Waals surface area contributed by atoms with Crippen molar-refractivity contribution in [3.8, 4) is 11.4 Å². The van der Waals surface area contributed by atoms with Gasteiger partial charge in [-0.05, 0) is 31.2 Å². The number of sulfonamides is 1. The number of carbonyl (C=O) groups excluding carboxylic acids is 1. The molecule has 8 heteroatoms. The SMILES string of the molecule is CCS(=O)(=O)Nc1ccccc1C(=O)Nc1cccc(-c2ncc[nH]2)c1. The fourth-order valence-electron chi connectivity index (χ4n) is 2.38. The molecule has 1 aromatic heterocycles. The van der Waals surface area contributed by atoms with Crippen LogP contribution in [0.4, 0.5) is 11.4 Å². The lowest BCUT2D eigenvalue weighted by Crippen LogP contribution is -2.19. The highest BCUT2D eigenvalue weighted by Crippen LogP contribution is 2.22. The smallest absolute Gasteiger partial charge is 0.257 e. The predicted octanol–water partition coefficient (Wildman–Crippen LogP) is 3.09. The van der Waals surface area contributed by atoms with Gasteiger partial charge in [-0.3, -0.25) is 9.52 Å². The molecule has 0 aliphatic carbocycles. The van der Waals surface area contributed by atoms with E-state index in [4.69, 9.17) is 0 Å². The maximum atomic E-state index is 12.6. The van der Waals surface area contributed by atoms with E-state index in [1.54, 1.807) is 54.9 Å². The van der Waals surface area contributed by atoms with Crippen LogP contribution >= 0.6 is 0 Å². The van der Waals surface area contributed by atoms with E-state index in [2.05, 4.69) is 20.0 Å². The summed E-state index contributed by atoms with van der Waals surface area (Å²) in [6.07, 6.45) is 3.37. The Hall–Kier alpha value is -3.13. The molecule has 7 nitrogen and oxygen atoms in total. The summed E-state index contributed by atoms with van der Waals surface area (Å²) in [4.78, 5) is 19.8. The molecule has 3 aromatic rings. The highest BCUT2D eigenvalue weighted by molar-refractivity contribution is 7.92. The third-order valence-corrected chi connectivity index (χ3v) is 5.00. The minimum absolute atomic E-state index is 0.0753. The van der Waals surface area contributed by atoms with Crippen LogP contribution in [-0.2, 0) is 10.0 Å². The molecule has 0 radical (unpaired) electrons. The summed E-state index contributed by atoms with van der Waals surface area (Å²) < 4.78 is 26.1. The number of amides is 1. The number of hydrogen-bond acceptors (Lipinski definition) is 4. The fourth-order valence-corrected chi connectivity index (χ4v) is 3.03. The molecule has 2 aromatic carbocycles. The molecule has 3 rings (SSSR count). The van der Waals surface area contributed by atoms with Gasteiger partial charge in [0.2, 0.25) is 10.0 Å². The van der Waals surface area contributed by atoms with E-state index >= 15 is 0 Å². The van der Waals surface area contributed by atoms with Crippen LogP contribution in [0, 0.1) is 0 Å². The number of hydrogen-bond donors (Lipinski definition) is 3. The molecular weight excluding hydrogens is 352 g/mol. The Bertz CT molecular complexity index is 1010. The van der Waals surface area contributed by atoms with Gasteiger partial charge in [0.25, 0.3) is 5.91 Å². The predicted molar refractivity (Wildman–Crippen MR) is 102 cm³/mol. The van der Waals surface area contributed by atoms with Crippen molar-refractivity contribution in [2.45, 2.75) is 6.92 Å². The molecule has 1 amide bonds. The maximum absolute atomic E-state index is 12.6. The number of benzene rings is 2. The van der Waals surface area contributed by atoms with Crippen LogP contribution in [0.1, 0.15) is 17.3 Å². The van der Waals surface area contributed by atoms with Gasteiger partial charge in [0, 0.05) is 23.6 Å². The lowest BCUT2D eigenvalue weighted by molar-refractivity contribution is 0.102. The van der Waals surface area contributed by atoms with Crippen molar-refractivity contribution >= 4 is 27.3 Å². The molecule has 0 saturated carbocycles. The van der Waals surface area contributed by atoms with Crippen LogP contribution in [0.15, 0.2) is 60.9 Å². The number of aromatic nitrogens is 2. The summed E-state index contributed by atoms with van der Waals surface area (Å²) in [6.45, 7) is 1.53. The molecule has 0 saturated heterocycles. The zero-order valence-corrected chi connectivity index (χ0v) is 14.9. The largest absolute Gasteiger partial charge is 0.345 e. The molecule has 1 heterocycles. The number of para-hydroxylation sites is 1. The molecule has 0 bridgehead atoms. The van der Waals surface area contributed by atoms with E-state index in [0.717, 1.165) is 5.56 Å². The molecule has 0 atom stereocenters. The Morgan fingerprint density at radius 3 is 2.69 bits per heavy atom. The summed E-state index contributed by atoms with van der Waals surface area (Å²) in [5.41, 5.74) is 1.90. The van der Waals surface area contributed by atoms with Crippen molar-refractivity contribution in [1.82, 2.24) is 9.97 Å². The van der Waals surface area contributed by atoms with Gasteiger partial charge in [-0.25, -0.2) is 13.4 Å². The molecule has 3 N–H and O–H groups in total. The van der Waals surface area contributed by atoms with Gasteiger partial charge < -0.3 is 10.3 Å². The van der Waals surface area contributed by atoms with Crippen LogP contribution < -0.4 is 10.0 Å². The minimum Gasteiger partial charge on any atom is -0.345 e. The second-order valence-corrected chi connectivity index (χ2v) is 7.53. The van der Waals surface area contributed by atoms with Crippen LogP contribution in [-0.4, -0.2) is 30.0 Å². The summed E-state index contributed by atoms with van der Waals surface area (Å²) in [6, 6.07) is 13.7. The minimum atomic E-state index is -3.48. The molecule has 0 aliphatic heterocycles. The van der Waals surface area contributed by atoms with Crippen LogP contribution in [0.2, 0.25) is 0 Å². The fraction of sp³-hybridized carbons (Fsp3) is 0.111. The average Bonchev–Trinajstić information content (AvgIpc) is 3.17. The summed E-state index contributed by atoms with van der Waals surface area (Å²) >= 11 is 0. The molecule has 0 fully saturated rings. The maximum Gasteiger partial charge on any atom is 0.257 e. The first kappa shape index (κ1) is 17.7. The van der Waals surface area contributed by atoms with Gasteiger partial charge in [-0.2, -0.15) is 0 Å². The third-order valence-electron chi connectivity index (χ3n) is 3.71. The monoisotopic (exact) mass is 370 g/mol. The Morgan fingerprint density at radius 2 is 1.96 bits per heavy atom. The number of aromatic amines is 1. The Morgan fingerprint density at radius 1 is 1.15 bits per heavy atom. The van der Waals surface area contributed by atoms with Crippen molar-refractivity contribution < 1.29 is 13.2 Å². The van der Waals surface area contributed by atoms with Crippen molar-refractivity contribution in [3.63, 3.8) is 0 Å². The highest BCUT2D eigenvalue weighted by Gasteiger charge is 2.15. The third kappa shape index (κ3) is 4.09. The lowest BCUT2D eigenvalue weighted by atomic mass is 10.1. The lowest BCUT2D eigenvalue weighted by Gasteiger charge is -2.12. The van der Waals surface area contributed by atoms with Gasteiger partial charge in [-0.1, -0.05) is 24.3 Å². The first-order chi connectivity index (χ1) is 12.5. The summed E-state index contributed by atoms with van der Waals surface area (Å²) in [5, 5.41) is 2.79. The highest BCUT2D eigenvalue weighted by atomic mass is 32.2. The van der Waals surface area contributed by atoms with Gasteiger partial charge in [0.15, 0.2) is 0 Å². The normalized spacial score (nSPS) is 11.1. The number of carbonyl (C=O) groups is 1. The summed E-state index contributed by atoms with van der Waals surface area (Å²) in [7, 11) is -3.48. The summed E-state index contributed by atoms with van der Waals surface area (Å²) in [5.74, 6) is 0.210. The topological polar surface area (TPSA) is 104 Å². The molecule has 26 heavy (non-hydrogen) atoms. The van der Waals surface area contributed by atoms with Gasteiger partial charge in [0.05, 0.1) is 17.0 Å². The van der Waals surface area contributed by atoms with E-state index in [1.165, 1.54) is 6.92 Å². The van der Waals surface area contributed by atoms with Crippen molar-refractivity contribution in [1.29, 1.82) is 0 Å². The Balaban J connectivity index is 1.84. The van der Waals surface area contributed by atoms with Crippen molar-refractivity contribution in [2.24, 2.45) is 0 Å². The van der Waals surface area contributed by atoms with Crippen LogP contribution in [0.25, 0.3) is 11.4 Å². The quantitative estimate of drug-likeness (QED) is 0.620. The standard InChI is InChI=1S/C18H18N4O3S/c1-2-26(24,25)22-16-9-4-3-8-15(16)18(23)21-14-7-5-6-13(12-14)17-19-10-11-20-17/h3-12,22H,2H2,1H3,(H,19,20)(H,21,23). The molecule has 134 valence electrons. The van der Waals surface area contributed by atoms with E-state index in [-0.39, 0.29) is 17.0 Å². The Kier molecular flexibility index (Phi) is 5.04. The number of H-pyrrole nitrogens is 1. The number of imidazole rings is 1. The van der Waals surface area contributed by atoms with Crippen molar-refractivity contribution in [3.05, 3.63) is 66.5 Å². The van der Waals surface area contributed by atoms with E-state index in [9.17, 15) is 13.2 Å². The van der Waals surface area contributed by atoms with E-state index < -0.39 is 15.9 Å². The first-order valence-corrected chi connectivity index (χ1v) is 9.64. The Labute approximate surface area is 151 Å². The zero-order chi connectivity index (χ0) is 18.6. The van der Waals surface area contributed by atoms with Gasteiger partial charge >= 0.3 is 0 Å². The molecule has 0 spiro atoms. The zero-order valence-electron chi connectivity index (χ0n) is 14.1. The number of anilines is 2. The van der Waals surface area contributed by atoms with E-state index in [1.807, 2.05) is 6.07 Å². The van der Waals surface area contributed by atoms with Crippen LogP contribution in [0.3, 0.4) is 0 Å². The van der Waals surface area contributed by atoms with Gasteiger partial charge in [0.1, 0.15) is 5.82 Å². The van der Waals surface area contributed by atoms with E-state index in [0.29, 0.717) is 11.5 Å². The van der Waals surface area contributed by atoms with Gasteiger partial charge in [-0.15, -0.1) is 0 Å². The second-order valence-electron chi connectivity index (χ2n) is 5.52. The molecule has 0 aliphatic rings. The average molecular weight is 370 g/mol. The van der Waals surface area contributed by atoms with Crippen LogP contribution in [0.5, 0.6) is 0 Å².